The molecule has 21 heavy (non-hydrogen) atoms. The molecule has 3 rings (SSSR count). The van der Waals surface area contributed by atoms with E-state index in [4.69, 9.17) is 4.42 Å². The number of carbonyl (C=O) groups excluding carboxylic acids is 1. The standard InChI is InChI=1S/C15H14F2N2O2/c16-12-4-11(5-13(17)6-12)3-10-1-2-19(8-10)15(20)14-7-18-9-21-14/h4-7,9-10H,1-3,8H2. The number of benzene rings is 1. The summed E-state index contributed by atoms with van der Waals surface area (Å²) in [6.07, 6.45) is 3.96. The van der Waals surface area contributed by atoms with Crippen LogP contribution in [0.2, 0.25) is 0 Å². The Morgan fingerprint density at radius 3 is 2.76 bits per heavy atom. The lowest BCUT2D eigenvalue weighted by Gasteiger charge is -2.15. The minimum absolute atomic E-state index is 0.193. The van der Waals surface area contributed by atoms with Crippen molar-refractivity contribution in [3.8, 4) is 0 Å². The summed E-state index contributed by atoms with van der Waals surface area (Å²) in [6.45, 7) is 1.17. The van der Waals surface area contributed by atoms with Gasteiger partial charge < -0.3 is 9.32 Å². The first kappa shape index (κ1) is 13.7. The van der Waals surface area contributed by atoms with Crippen LogP contribution in [-0.4, -0.2) is 28.9 Å². The average Bonchev–Trinajstić information content (AvgIpc) is 3.07. The minimum Gasteiger partial charge on any atom is -0.438 e. The summed E-state index contributed by atoms with van der Waals surface area (Å²) in [4.78, 5) is 17.5. The average molecular weight is 292 g/mol. The molecule has 1 aromatic heterocycles. The molecule has 0 bridgehead atoms. The van der Waals surface area contributed by atoms with Crippen molar-refractivity contribution in [2.45, 2.75) is 12.8 Å². The fraction of sp³-hybridized carbons (Fsp3) is 0.333. The molecule has 0 aliphatic carbocycles. The number of amides is 1. The van der Waals surface area contributed by atoms with E-state index < -0.39 is 11.6 Å². The van der Waals surface area contributed by atoms with Crippen molar-refractivity contribution in [2.24, 2.45) is 5.92 Å². The molecule has 1 fully saturated rings. The van der Waals surface area contributed by atoms with Gasteiger partial charge in [0.2, 0.25) is 5.76 Å². The Bertz CT molecular complexity index is 623. The molecule has 0 N–H and O–H groups in total. The van der Waals surface area contributed by atoms with Crippen molar-refractivity contribution in [2.75, 3.05) is 13.1 Å². The lowest BCUT2D eigenvalue weighted by molar-refractivity contribution is 0.0755. The third kappa shape index (κ3) is 3.09. The summed E-state index contributed by atoms with van der Waals surface area (Å²) < 4.78 is 31.3. The number of hydrogen-bond acceptors (Lipinski definition) is 3. The molecule has 1 aromatic carbocycles. The predicted molar refractivity (Wildman–Crippen MR) is 70.6 cm³/mol. The number of halogens is 2. The number of rotatable bonds is 3. The summed E-state index contributed by atoms with van der Waals surface area (Å²) in [5.74, 6) is -0.930. The highest BCUT2D eigenvalue weighted by molar-refractivity contribution is 5.91. The van der Waals surface area contributed by atoms with Gasteiger partial charge in [0.15, 0.2) is 6.39 Å². The molecule has 2 aromatic rings. The number of hydrogen-bond donors (Lipinski definition) is 0. The zero-order chi connectivity index (χ0) is 14.8. The SMILES string of the molecule is O=C(c1cnco1)N1CCC(Cc2cc(F)cc(F)c2)C1. The van der Waals surface area contributed by atoms with Crippen LogP contribution in [0, 0.1) is 17.6 Å². The van der Waals surface area contributed by atoms with Crippen LogP contribution >= 0.6 is 0 Å². The lowest BCUT2D eigenvalue weighted by Crippen LogP contribution is -2.28. The molecule has 110 valence electrons. The lowest BCUT2D eigenvalue weighted by atomic mass is 9.98. The van der Waals surface area contributed by atoms with Crippen molar-refractivity contribution >= 4 is 5.91 Å². The number of oxazole rings is 1. The molecule has 0 saturated carbocycles. The Hall–Kier alpha value is -2.24. The van der Waals surface area contributed by atoms with E-state index in [1.54, 1.807) is 4.90 Å². The monoisotopic (exact) mass is 292 g/mol. The summed E-state index contributed by atoms with van der Waals surface area (Å²) in [5.41, 5.74) is 0.617. The fourth-order valence-corrected chi connectivity index (χ4v) is 2.72. The van der Waals surface area contributed by atoms with Crippen LogP contribution in [0.1, 0.15) is 22.5 Å². The van der Waals surface area contributed by atoms with Gasteiger partial charge in [0.25, 0.3) is 5.91 Å². The summed E-state index contributed by atoms with van der Waals surface area (Å²) in [7, 11) is 0. The third-order valence-corrected chi connectivity index (χ3v) is 3.66. The van der Waals surface area contributed by atoms with E-state index in [0.29, 0.717) is 25.1 Å². The molecular formula is C15H14F2N2O2. The van der Waals surface area contributed by atoms with E-state index in [2.05, 4.69) is 4.98 Å². The van der Waals surface area contributed by atoms with E-state index in [1.165, 1.54) is 24.7 Å². The molecule has 1 unspecified atom stereocenters. The first-order valence-electron chi connectivity index (χ1n) is 6.74. The van der Waals surface area contributed by atoms with Gasteiger partial charge in [-0.25, -0.2) is 13.8 Å². The highest BCUT2D eigenvalue weighted by Crippen LogP contribution is 2.23. The van der Waals surface area contributed by atoms with Crippen LogP contribution in [0.15, 0.2) is 35.2 Å². The van der Waals surface area contributed by atoms with Gasteiger partial charge in [0.1, 0.15) is 11.6 Å². The number of likely N-dealkylation sites (tertiary alicyclic amines) is 1. The van der Waals surface area contributed by atoms with Crippen molar-refractivity contribution in [1.29, 1.82) is 0 Å². The second-order valence-corrected chi connectivity index (χ2v) is 5.25. The van der Waals surface area contributed by atoms with Gasteiger partial charge in [-0.05, 0) is 36.5 Å². The molecule has 4 nitrogen and oxygen atoms in total. The third-order valence-electron chi connectivity index (χ3n) is 3.66. The fourth-order valence-electron chi connectivity index (χ4n) is 2.72. The van der Waals surface area contributed by atoms with Gasteiger partial charge in [-0.15, -0.1) is 0 Å². The van der Waals surface area contributed by atoms with Crippen molar-refractivity contribution in [3.63, 3.8) is 0 Å². The van der Waals surface area contributed by atoms with Gasteiger partial charge in [-0.1, -0.05) is 0 Å². The van der Waals surface area contributed by atoms with E-state index in [9.17, 15) is 13.6 Å². The summed E-state index contributed by atoms with van der Waals surface area (Å²) >= 11 is 0. The Morgan fingerprint density at radius 2 is 2.10 bits per heavy atom. The maximum atomic E-state index is 13.2. The molecule has 1 amide bonds. The van der Waals surface area contributed by atoms with E-state index in [0.717, 1.165) is 12.5 Å². The Kier molecular flexibility index (Phi) is 3.68. The maximum absolute atomic E-state index is 13.2. The maximum Gasteiger partial charge on any atom is 0.291 e. The van der Waals surface area contributed by atoms with Gasteiger partial charge in [0, 0.05) is 19.2 Å². The number of nitrogens with zero attached hydrogens (tertiary/aromatic N) is 2. The smallest absolute Gasteiger partial charge is 0.291 e. The van der Waals surface area contributed by atoms with E-state index in [1.807, 2.05) is 0 Å². The second kappa shape index (κ2) is 5.63. The zero-order valence-corrected chi connectivity index (χ0v) is 11.3. The predicted octanol–water partition coefficient (Wildman–Crippen LogP) is 2.66. The van der Waals surface area contributed by atoms with Crippen molar-refractivity contribution in [3.05, 3.63) is 53.7 Å². The van der Waals surface area contributed by atoms with Crippen LogP contribution in [-0.2, 0) is 6.42 Å². The van der Waals surface area contributed by atoms with Crippen LogP contribution in [0.3, 0.4) is 0 Å². The van der Waals surface area contributed by atoms with Crippen LogP contribution in [0.5, 0.6) is 0 Å². The van der Waals surface area contributed by atoms with Crippen LogP contribution in [0.25, 0.3) is 0 Å². The molecule has 1 aliphatic rings. The van der Waals surface area contributed by atoms with Gasteiger partial charge in [0.05, 0.1) is 6.20 Å². The van der Waals surface area contributed by atoms with E-state index in [-0.39, 0.29) is 17.6 Å². The highest BCUT2D eigenvalue weighted by Gasteiger charge is 2.28. The Balaban J connectivity index is 1.63. The summed E-state index contributed by atoms with van der Waals surface area (Å²) in [6, 6.07) is 3.53. The highest BCUT2D eigenvalue weighted by atomic mass is 19.1. The normalized spacial score (nSPS) is 18.2. The second-order valence-electron chi connectivity index (χ2n) is 5.25. The van der Waals surface area contributed by atoms with Crippen LogP contribution < -0.4 is 0 Å². The quantitative estimate of drug-likeness (QED) is 0.873. The molecule has 1 aliphatic heterocycles. The van der Waals surface area contributed by atoms with Crippen LogP contribution in [0.4, 0.5) is 8.78 Å². The largest absolute Gasteiger partial charge is 0.438 e. The van der Waals surface area contributed by atoms with Gasteiger partial charge in [-0.2, -0.15) is 0 Å². The Morgan fingerprint density at radius 1 is 1.33 bits per heavy atom. The first-order valence-corrected chi connectivity index (χ1v) is 6.74. The molecule has 1 saturated heterocycles. The molecule has 0 radical (unpaired) electrons. The van der Waals surface area contributed by atoms with Gasteiger partial charge in [-0.3, -0.25) is 4.79 Å². The molecule has 6 heteroatoms. The molecule has 0 spiro atoms. The zero-order valence-electron chi connectivity index (χ0n) is 11.3. The molecule has 1 atom stereocenters. The Labute approximate surface area is 120 Å². The number of carbonyl (C=O) groups is 1. The minimum atomic E-state index is -0.572. The topological polar surface area (TPSA) is 46.3 Å². The first-order chi connectivity index (χ1) is 10.1. The molecular weight excluding hydrogens is 278 g/mol. The molecule has 2 heterocycles. The number of aromatic nitrogens is 1. The van der Waals surface area contributed by atoms with Crippen molar-refractivity contribution in [1.82, 2.24) is 9.88 Å². The summed E-state index contributed by atoms with van der Waals surface area (Å²) in [5, 5.41) is 0. The van der Waals surface area contributed by atoms with Gasteiger partial charge >= 0.3 is 0 Å². The van der Waals surface area contributed by atoms with Crippen molar-refractivity contribution < 1.29 is 18.0 Å². The van der Waals surface area contributed by atoms with E-state index >= 15 is 0 Å².